The van der Waals surface area contributed by atoms with Crippen molar-refractivity contribution < 1.29 is 14.6 Å². The van der Waals surface area contributed by atoms with E-state index < -0.39 is 0 Å². The molecule has 1 unspecified atom stereocenters. The van der Waals surface area contributed by atoms with Crippen molar-refractivity contribution in [1.82, 2.24) is 4.90 Å². The minimum atomic E-state index is -0.193. The number of amides is 1. The van der Waals surface area contributed by atoms with Gasteiger partial charge in [-0.25, -0.2) is 0 Å². The summed E-state index contributed by atoms with van der Waals surface area (Å²) in [6, 6.07) is 14.6. The summed E-state index contributed by atoms with van der Waals surface area (Å²) in [5, 5.41) is 10.4. The fourth-order valence-corrected chi connectivity index (χ4v) is 3.29. The molecule has 1 aliphatic rings. The minimum absolute atomic E-state index is 0.0755. The summed E-state index contributed by atoms with van der Waals surface area (Å²) >= 11 is 6.37. The predicted octanol–water partition coefficient (Wildman–Crippen LogP) is 3.43. The minimum Gasteiger partial charge on any atom is -0.508 e. The molecule has 1 atom stereocenters. The van der Waals surface area contributed by atoms with Crippen LogP contribution in [0.2, 0.25) is 5.02 Å². The first-order valence-corrected chi connectivity index (χ1v) is 8.42. The van der Waals surface area contributed by atoms with Crippen LogP contribution >= 0.6 is 11.6 Å². The number of hydrogen-bond donors (Lipinski definition) is 1. The predicted molar refractivity (Wildman–Crippen MR) is 93.4 cm³/mol. The van der Waals surface area contributed by atoms with Gasteiger partial charge >= 0.3 is 0 Å². The number of aromatic hydroxyl groups is 1. The number of carbonyl (C=O) groups excluding carboxylic acids is 1. The van der Waals surface area contributed by atoms with Crippen molar-refractivity contribution in [2.24, 2.45) is 0 Å². The third kappa shape index (κ3) is 3.89. The van der Waals surface area contributed by atoms with Gasteiger partial charge in [0, 0.05) is 30.5 Å². The molecule has 5 heteroatoms. The van der Waals surface area contributed by atoms with Gasteiger partial charge in [0.15, 0.2) is 0 Å². The molecule has 0 aliphatic carbocycles. The second kappa shape index (κ2) is 7.69. The van der Waals surface area contributed by atoms with Crippen molar-refractivity contribution in [3.63, 3.8) is 0 Å². The van der Waals surface area contributed by atoms with Gasteiger partial charge in [0.1, 0.15) is 5.75 Å². The highest BCUT2D eigenvalue weighted by atomic mass is 35.5. The lowest BCUT2D eigenvalue weighted by molar-refractivity contribution is -0.135. The van der Waals surface area contributed by atoms with Gasteiger partial charge in [-0.3, -0.25) is 4.79 Å². The SMILES string of the molecule is O=C(CC(c1cccc(O)c1)c1ccccc1Cl)N1CCOCC1. The third-order valence-corrected chi connectivity index (χ3v) is 4.64. The van der Waals surface area contributed by atoms with Crippen LogP contribution in [0.5, 0.6) is 5.75 Å². The zero-order valence-corrected chi connectivity index (χ0v) is 14.1. The zero-order chi connectivity index (χ0) is 16.9. The molecule has 4 nitrogen and oxygen atoms in total. The number of rotatable bonds is 4. The number of nitrogens with zero attached hydrogens (tertiary/aromatic N) is 1. The van der Waals surface area contributed by atoms with E-state index >= 15 is 0 Å². The molecule has 1 amide bonds. The normalized spacial score (nSPS) is 16.0. The lowest BCUT2D eigenvalue weighted by Gasteiger charge is -2.29. The van der Waals surface area contributed by atoms with E-state index in [1.165, 1.54) is 0 Å². The number of carbonyl (C=O) groups is 1. The Morgan fingerprint density at radius 2 is 1.92 bits per heavy atom. The fraction of sp³-hybridized carbons (Fsp3) is 0.316. The number of benzene rings is 2. The summed E-state index contributed by atoms with van der Waals surface area (Å²) in [5.41, 5.74) is 1.77. The Morgan fingerprint density at radius 3 is 2.62 bits per heavy atom. The van der Waals surface area contributed by atoms with Crippen LogP contribution in [0.1, 0.15) is 23.5 Å². The zero-order valence-electron chi connectivity index (χ0n) is 13.3. The van der Waals surface area contributed by atoms with Gasteiger partial charge in [0.05, 0.1) is 13.2 Å². The first kappa shape index (κ1) is 16.8. The summed E-state index contributed by atoms with van der Waals surface area (Å²) < 4.78 is 5.31. The fourth-order valence-electron chi connectivity index (χ4n) is 3.02. The van der Waals surface area contributed by atoms with Gasteiger partial charge in [-0.1, -0.05) is 41.9 Å². The molecule has 0 radical (unpaired) electrons. The maximum absolute atomic E-state index is 12.7. The maximum atomic E-state index is 12.7. The number of halogens is 1. The smallest absolute Gasteiger partial charge is 0.223 e. The standard InChI is InChI=1S/C19H20ClNO3/c20-18-7-2-1-6-16(18)17(14-4-3-5-15(22)12-14)13-19(23)21-8-10-24-11-9-21/h1-7,12,17,22H,8-11,13H2. The molecular weight excluding hydrogens is 326 g/mol. The van der Waals surface area contributed by atoms with E-state index in [4.69, 9.17) is 16.3 Å². The van der Waals surface area contributed by atoms with Gasteiger partial charge in [0.25, 0.3) is 0 Å². The lowest BCUT2D eigenvalue weighted by Crippen LogP contribution is -2.41. The Bertz CT molecular complexity index is 713. The summed E-state index contributed by atoms with van der Waals surface area (Å²) in [6.07, 6.45) is 0.313. The van der Waals surface area contributed by atoms with Crippen molar-refractivity contribution in [3.8, 4) is 5.75 Å². The molecule has 1 heterocycles. The molecule has 1 fully saturated rings. The number of hydrogen-bond acceptors (Lipinski definition) is 3. The van der Waals surface area contributed by atoms with Crippen LogP contribution in [0.3, 0.4) is 0 Å². The molecule has 0 bridgehead atoms. The maximum Gasteiger partial charge on any atom is 0.223 e. The van der Waals surface area contributed by atoms with Crippen molar-refractivity contribution >= 4 is 17.5 Å². The van der Waals surface area contributed by atoms with Crippen LogP contribution < -0.4 is 0 Å². The highest BCUT2D eigenvalue weighted by Gasteiger charge is 2.25. The van der Waals surface area contributed by atoms with Crippen molar-refractivity contribution in [2.75, 3.05) is 26.3 Å². The Balaban J connectivity index is 1.90. The average Bonchev–Trinajstić information content (AvgIpc) is 2.61. The first-order valence-electron chi connectivity index (χ1n) is 8.04. The summed E-state index contributed by atoms with van der Waals surface area (Å²) in [5.74, 6) is 0.0658. The summed E-state index contributed by atoms with van der Waals surface area (Å²) in [6.45, 7) is 2.39. The topological polar surface area (TPSA) is 49.8 Å². The van der Waals surface area contributed by atoms with Crippen LogP contribution in [-0.4, -0.2) is 42.2 Å². The molecule has 0 aromatic heterocycles. The molecule has 24 heavy (non-hydrogen) atoms. The number of ether oxygens (including phenoxy) is 1. The van der Waals surface area contributed by atoms with E-state index in [9.17, 15) is 9.90 Å². The Hall–Kier alpha value is -2.04. The average molecular weight is 346 g/mol. The molecule has 2 aromatic rings. The monoisotopic (exact) mass is 345 g/mol. The molecule has 1 saturated heterocycles. The second-order valence-electron chi connectivity index (χ2n) is 5.87. The first-order chi connectivity index (χ1) is 11.6. The van der Waals surface area contributed by atoms with E-state index in [1.54, 1.807) is 18.2 Å². The molecule has 0 spiro atoms. The van der Waals surface area contributed by atoms with E-state index in [1.807, 2.05) is 35.2 Å². The molecule has 126 valence electrons. The number of phenolic OH excluding ortho intramolecular Hbond substituents is 1. The van der Waals surface area contributed by atoms with Gasteiger partial charge in [-0.2, -0.15) is 0 Å². The van der Waals surface area contributed by atoms with Gasteiger partial charge in [-0.15, -0.1) is 0 Å². The third-order valence-electron chi connectivity index (χ3n) is 4.30. The molecule has 1 aliphatic heterocycles. The van der Waals surface area contributed by atoms with E-state index in [-0.39, 0.29) is 17.6 Å². The molecule has 1 N–H and O–H groups in total. The number of phenols is 1. The van der Waals surface area contributed by atoms with E-state index in [0.717, 1.165) is 11.1 Å². The summed E-state index contributed by atoms with van der Waals surface area (Å²) in [7, 11) is 0. The van der Waals surface area contributed by atoms with E-state index in [2.05, 4.69) is 0 Å². The molecule has 2 aromatic carbocycles. The number of morpholine rings is 1. The Kier molecular flexibility index (Phi) is 5.38. The quantitative estimate of drug-likeness (QED) is 0.923. The van der Waals surface area contributed by atoms with Gasteiger partial charge in [0.2, 0.25) is 5.91 Å². The van der Waals surface area contributed by atoms with Crippen LogP contribution in [0.25, 0.3) is 0 Å². The van der Waals surface area contributed by atoms with Crippen molar-refractivity contribution in [1.29, 1.82) is 0 Å². The molecular formula is C19H20ClNO3. The summed E-state index contributed by atoms with van der Waals surface area (Å²) in [4.78, 5) is 14.5. The van der Waals surface area contributed by atoms with Crippen LogP contribution in [0, 0.1) is 0 Å². The lowest BCUT2D eigenvalue weighted by atomic mass is 9.88. The highest BCUT2D eigenvalue weighted by molar-refractivity contribution is 6.31. The molecule has 0 saturated carbocycles. The van der Waals surface area contributed by atoms with Crippen LogP contribution in [-0.2, 0) is 9.53 Å². The highest BCUT2D eigenvalue weighted by Crippen LogP contribution is 2.34. The Labute approximate surface area is 146 Å². The second-order valence-corrected chi connectivity index (χ2v) is 6.27. The van der Waals surface area contributed by atoms with Gasteiger partial charge < -0.3 is 14.7 Å². The van der Waals surface area contributed by atoms with Crippen molar-refractivity contribution in [3.05, 3.63) is 64.7 Å². The van der Waals surface area contributed by atoms with Crippen molar-refractivity contribution in [2.45, 2.75) is 12.3 Å². The Morgan fingerprint density at radius 1 is 1.17 bits per heavy atom. The van der Waals surface area contributed by atoms with Gasteiger partial charge in [-0.05, 0) is 29.3 Å². The van der Waals surface area contributed by atoms with E-state index in [0.29, 0.717) is 37.7 Å². The van der Waals surface area contributed by atoms with Crippen LogP contribution in [0.15, 0.2) is 48.5 Å². The largest absolute Gasteiger partial charge is 0.508 e. The molecule has 3 rings (SSSR count). The van der Waals surface area contributed by atoms with Crippen LogP contribution in [0.4, 0.5) is 0 Å².